The molecule has 0 spiro atoms. The minimum absolute atomic E-state index is 0.133. The number of aromatic nitrogens is 1. The average molecular weight is 554 g/mol. The molecule has 1 aliphatic heterocycles. The minimum atomic E-state index is -0.604. The number of amides is 1. The van der Waals surface area contributed by atoms with Gasteiger partial charge in [-0.1, -0.05) is 24.3 Å². The van der Waals surface area contributed by atoms with E-state index in [0.29, 0.717) is 35.9 Å². The molecule has 1 N–H and O–H groups in total. The Morgan fingerprint density at radius 3 is 2.49 bits per heavy atom. The van der Waals surface area contributed by atoms with Gasteiger partial charge in [0.2, 0.25) is 0 Å². The Morgan fingerprint density at radius 2 is 1.80 bits per heavy atom. The van der Waals surface area contributed by atoms with Gasteiger partial charge in [-0.15, -0.1) is 0 Å². The summed E-state index contributed by atoms with van der Waals surface area (Å²) in [6, 6.07) is 21.7. The number of anilines is 1. The smallest absolute Gasteiger partial charge is 0.412 e. The fourth-order valence-electron chi connectivity index (χ4n) is 5.37. The van der Waals surface area contributed by atoms with Crippen molar-refractivity contribution in [3.63, 3.8) is 0 Å². The number of ether oxygens (including phenoxy) is 3. The summed E-state index contributed by atoms with van der Waals surface area (Å²) in [7, 11) is 0. The lowest BCUT2D eigenvalue weighted by Gasteiger charge is -2.23. The quantitative estimate of drug-likeness (QED) is 0.243. The molecule has 1 amide bonds. The first-order chi connectivity index (χ1) is 20.0. The Kier molecular flexibility index (Phi) is 7.62. The maximum absolute atomic E-state index is 13.2. The van der Waals surface area contributed by atoms with Crippen LogP contribution in [0.15, 0.2) is 66.7 Å². The van der Waals surface area contributed by atoms with E-state index in [1.165, 1.54) is 25.0 Å². The van der Waals surface area contributed by atoms with Crippen molar-refractivity contribution in [1.29, 1.82) is 5.26 Å². The molecule has 4 aromatic rings. The maximum atomic E-state index is 13.2. The van der Waals surface area contributed by atoms with Crippen molar-refractivity contribution in [2.24, 2.45) is 5.92 Å². The van der Waals surface area contributed by atoms with Crippen molar-refractivity contribution in [3.05, 3.63) is 83.7 Å². The molecule has 1 unspecified atom stereocenters. The molecule has 41 heavy (non-hydrogen) atoms. The van der Waals surface area contributed by atoms with Crippen LogP contribution >= 0.6 is 0 Å². The van der Waals surface area contributed by atoms with Gasteiger partial charge in [0.25, 0.3) is 0 Å². The normalized spacial score (nSPS) is 16.2. The fraction of sp³-hybridized carbons (Fsp3) is 0.333. The van der Waals surface area contributed by atoms with E-state index in [0.717, 1.165) is 47.3 Å². The highest BCUT2D eigenvalue weighted by Crippen LogP contribution is 2.40. The molecule has 210 valence electrons. The van der Waals surface area contributed by atoms with Gasteiger partial charge in [0, 0.05) is 36.5 Å². The highest BCUT2D eigenvalue weighted by atomic mass is 19.1. The number of rotatable bonds is 8. The maximum Gasteiger partial charge on any atom is 0.412 e. The summed E-state index contributed by atoms with van der Waals surface area (Å²) >= 11 is 0. The Balaban J connectivity index is 1.24. The van der Waals surface area contributed by atoms with Crippen LogP contribution in [0.5, 0.6) is 5.75 Å². The van der Waals surface area contributed by atoms with Crippen LogP contribution in [0.2, 0.25) is 0 Å². The molecule has 1 saturated heterocycles. The first-order valence-electron chi connectivity index (χ1n) is 14.1. The van der Waals surface area contributed by atoms with Gasteiger partial charge in [0.05, 0.1) is 30.0 Å². The van der Waals surface area contributed by atoms with Crippen molar-refractivity contribution < 1.29 is 23.4 Å². The van der Waals surface area contributed by atoms with Crippen molar-refractivity contribution >= 4 is 22.7 Å². The van der Waals surface area contributed by atoms with E-state index in [1.54, 1.807) is 31.2 Å². The fourth-order valence-corrected chi connectivity index (χ4v) is 5.37. The van der Waals surface area contributed by atoms with Gasteiger partial charge in [-0.3, -0.25) is 5.32 Å². The third-order valence-electron chi connectivity index (χ3n) is 7.78. The van der Waals surface area contributed by atoms with Crippen LogP contribution in [0.4, 0.5) is 14.9 Å². The summed E-state index contributed by atoms with van der Waals surface area (Å²) in [5, 5.41) is 13.9. The third kappa shape index (κ3) is 6.06. The first-order valence-corrected chi connectivity index (χ1v) is 14.1. The van der Waals surface area contributed by atoms with Gasteiger partial charge < -0.3 is 18.8 Å². The Hall–Kier alpha value is -4.35. The molecule has 6 rings (SSSR count). The molecule has 0 radical (unpaired) electrons. The number of carbonyl (C=O) groups excluding carboxylic acids is 1. The number of carbonyl (C=O) groups is 1. The summed E-state index contributed by atoms with van der Waals surface area (Å²) in [6.07, 6.45) is 3.09. The van der Waals surface area contributed by atoms with Crippen molar-refractivity contribution in [2.75, 3.05) is 18.5 Å². The number of hydrogen-bond donors (Lipinski definition) is 1. The Bertz CT molecular complexity index is 1580. The van der Waals surface area contributed by atoms with Gasteiger partial charge in [-0.2, -0.15) is 5.26 Å². The minimum Gasteiger partial charge on any atom is -0.490 e. The van der Waals surface area contributed by atoms with E-state index in [4.69, 9.17) is 14.2 Å². The summed E-state index contributed by atoms with van der Waals surface area (Å²) in [5.74, 6) is 1.06. The van der Waals surface area contributed by atoms with Gasteiger partial charge in [0.15, 0.2) is 0 Å². The van der Waals surface area contributed by atoms with E-state index < -0.39 is 12.2 Å². The monoisotopic (exact) mass is 553 g/mol. The van der Waals surface area contributed by atoms with Crippen LogP contribution in [0.3, 0.4) is 0 Å². The Morgan fingerprint density at radius 1 is 1.07 bits per heavy atom. The SMILES string of the molecule is CC(OC(=O)Nc1ccc(-c2c(C#N)c3ccc(OC4CCOCC4)cc3n2CC2CC2)cc1)c1ccc(F)cc1. The van der Waals surface area contributed by atoms with E-state index in [2.05, 4.69) is 22.0 Å². The molecular weight excluding hydrogens is 521 g/mol. The van der Waals surface area contributed by atoms with E-state index in [9.17, 15) is 14.4 Å². The second-order valence-electron chi connectivity index (χ2n) is 10.8. The average Bonchev–Trinajstić information content (AvgIpc) is 3.75. The van der Waals surface area contributed by atoms with E-state index in [-0.39, 0.29) is 11.9 Å². The highest BCUT2D eigenvalue weighted by molar-refractivity contribution is 5.95. The van der Waals surface area contributed by atoms with Crippen LogP contribution in [0.1, 0.15) is 49.8 Å². The van der Waals surface area contributed by atoms with Crippen molar-refractivity contribution in [2.45, 2.75) is 51.4 Å². The van der Waals surface area contributed by atoms with Crippen LogP contribution in [-0.4, -0.2) is 30.0 Å². The van der Waals surface area contributed by atoms with Gasteiger partial charge in [-0.05, 0) is 73.2 Å². The number of nitriles is 1. The number of nitrogens with zero attached hydrogens (tertiary/aromatic N) is 2. The lowest BCUT2D eigenvalue weighted by atomic mass is 10.1. The molecule has 1 atom stereocenters. The number of fused-ring (bicyclic) bond motifs is 1. The number of halogens is 1. The lowest BCUT2D eigenvalue weighted by Crippen LogP contribution is -2.25. The first kappa shape index (κ1) is 26.9. The highest BCUT2D eigenvalue weighted by Gasteiger charge is 2.27. The topological polar surface area (TPSA) is 85.5 Å². The molecule has 7 nitrogen and oxygen atoms in total. The van der Waals surface area contributed by atoms with Crippen molar-refractivity contribution in [3.8, 4) is 23.1 Å². The predicted molar refractivity (Wildman–Crippen MR) is 154 cm³/mol. The second kappa shape index (κ2) is 11.6. The molecule has 8 heteroatoms. The number of hydrogen-bond acceptors (Lipinski definition) is 5. The largest absolute Gasteiger partial charge is 0.490 e. The summed E-state index contributed by atoms with van der Waals surface area (Å²) in [6.45, 7) is 3.99. The predicted octanol–water partition coefficient (Wildman–Crippen LogP) is 7.60. The molecule has 3 aromatic carbocycles. The Labute approximate surface area is 238 Å². The summed E-state index contributed by atoms with van der Waals surface area (Å²) < 4.78 is 32.7. The molecule has 1 aromatic heterocycles. The standard InChI is InChI=1S/C33H32FN3O4/c1-21(23-4-8-25(34)9-5-23)40-33(38)36-26-10-6-24(7-11-26)32-30(19-35)29-13-12-28(41-27-14-16-39-17-15-27)18-31(29)37(32)20-22-2-3-22/h4-13,18,21-22,27H,2-3,14-17,20H2,1H3,(H,36,38). The van der Waals surface area contributed by atoms with Gasteiger partial charge >= 0.3 is 6.09 Å². The third-order valence-corrected chi connectivity index (χ3v) is 7.78. The molecule has 2 aliphatic rings. The van der Waals surface area contributed by atoms with E-state index >= 15 is 0 Å². The zero-order chi connectivity index (χ0) is 28.3. The zero-order valence-corrected chi connectivity index (χ0v) is 22.9. The van der Waals surface area contributed by atoms with Crippen LogP contribution in [0.25, 0.3) is 22.2 Å². The number of benzene rings is 3. The number of nitrogens with one attached hydrogen (secondary N) is 1. The molecule has 2 fully saturated rings. The molecule has 0 bridgehead atoms. The zero-order valence-electron chi connectivity index (χ0n) is 22.9. The molecule has 1 saturated carbocycles. The van der Waals surface area contributed by atoms with E-state index in [1.807, 2.05) is 24.3 Å². The second-order valence-corrected chi connectivity index (χ2v) is 10.8. The molecular formula is C33H32FN3O4. The molecule has 1 aliphatic carbocycles. The van der Waals surface area contributed by atoms with Gasteiger partial charge in [-0.25, -0.2) is 9.18 Å². The lowest BCUT2D eigenvalue weighted by molar-refractivity contribution is 0.0256. The van der Waals surface area contributed by atoms with Crippen molar-refractivity contribution in [1.82, 2.24) is 4.57 Å². The summed E-state index contributed by atoms with van der Waals surface area (Å²) in [5.41, 5.74) is 4.66. The van der Waals surface area contributed by atoms with Crippen LogP contribution < -0.4 is 10.1 Å². The van der Waals surface area contributed by atoms with Crippen LogP contribution in [0, 0.1) is 23.1 Å². The van der Waals surface area contributed by atoms with Gasteiger partial charge in [0.1, 0.15) is 29.8 Å². The molecule has 2 heterocycles. The summed E-state index contributed by atoms with van der Waals surface area (Å²) in [4.78, 5) is 12.5. The van der Waals surface area contributed by atoms with Crippen LogP contribution in [-0.2, 0) is 16.0 Å².